The predicted octanol–water partition coefficient (Wildman–Crippen LogP) is -0.418. The third-order valence-corrected chi connectivity index (χ3v) is 2.29. The van der Waals surface area contributed by atoms with Crippen LogP contribution < -0.4 is 10.6 Å². The zero-order valence-electron chi connectivity index (χ0n) is 9.94. The lowest BCUT2D eigenvalue weighted by Crippen LogP contribution is -2.35. The van der Waals surface area contributed by atoms with Gasteiger partial charge in [-0.3, -0.25) is 4.79 Å². The molecule has 0 aliphatic carbocycles. The molecule has 2 N–H and O–H groups in total. The fraction of sp³-hybridized carbons (Fsp3) is 0.545. The number of hydrogen-bond acceptors (Lipinski definition) is 4. The summed E-state index contributed by atoms with van der Waals surface area (Å²) in [6.45, 7) is 1.39. The Balaban J connectivity index is 2.06. The molecule has 0 bridgehead atoms. The Hall–Kier alpha value is -1.87. The van der Waals surface area contributed by atoms with Crippen molar-refractivity contribution in [1.29, 1.82) is 5.26 Å². The molecule has 1 aromatic heterocycles. The Morgan fingerprint density at radius 2 is 2.41 bits per heavy atom. The minimum atomic E-state index is -0.0832. The molecular weight excluding hydrogens is 218 g/mol. The van der Waals surface area contributed by atoms with Gasteiger partial charge in [-0.2, -0.15) is 5.26 Å². The molecule has 0 fully saturated rings. The van der Waals surface area contributed by atoms with Crippen molar-refractivity contribution >= 4 is 5.91 Å². The summed E-state index contributed by atoms with van der Waals surface area (Å²) < 4.78 is 1.95. The van der Waals surface area contributed by atoms with E-state index in [4.69, 9.17) is 5.26 Å². The molecule has 17 heavy (non-hydrogen) atoms. The van der Waals surface area contributed by atoms with E-state index in [1.807, 2.05) is 23.9 Å². The Morgan fingerprint density at radius 1 is 1.59 bits per heavy atom. The second-order valence-electron chi connectivity index (χ2n) is 3.64. The van der Waals surface area contributed by atoms with Gasteiger partial charge in [-0.15, -0.1) is 0 Å². The van der Waals surface area contributed by atoms with Crippen molar-refractivity contribution in [2.24, 2.45) is 7.05 Å². The van der Waals surface area contributed by atoms with Gasteiger partial charge >= 0.3 is 0 Å². The molecule has 0 aliphatic rings. The van der Waals surface area contributed by atoms with Crippen molar-refractivity contribution < 1.29 is 4.79 Å². The smallest absolute Gasteiger partial charge is 0.233 e. The average Bonchev–Trinajstić information content (AvgIpc) is 2.71. The van der Waals surface area contributed by atoms with Crippen LogP contribution in [0.4, 0.5) is 0 Å². The van der Waals surface area contributed by atoms with E-state index in [0.717, 1.165) is 12.2 Å². The van der Waals surface area contributed by atoms with E-state index < -0.39 is 0 Å². The summed E-state index contributed by atoms with van der Waals surface area (Å²) in [5.74, 6) is 0.905. The van der Waals surface area contributed by atoms with Gasteiger partial charge < -0.3 is 15.2 Å². The van der Waals surface area contributed by atoms with Crippen molar-refractivity contribution in [1.82, 2.24) is 20.2 Å². The van der Waals surface area contributed by atoms with Crippen LogP contribution in [0.2, 0.25) is 0 Å². The summed E-state index contributed by atoms with van der Waals surface area (Å²) in [5.41, 5.74) is 0. The fourth-order valence-corrected chi connectivity index (χ4v) is 1.36. The van der Waals surface area contributed by atoms with Gasteiger partial charge in [0.25, 0.3) is 0 Å². The Labute approximate surface area is 101 Å². The predicted molar refractivity (Wildman–Crippen MR) is 63.0 cm³/mol. The van der Waals surface area contributed by atoms with E-state index >= 15 is 0 Å². The third kappa shape index (κ3) is 5.13. The number of carbonyl (C=O) groups excluding carboxylic acids is 1. The summed E-state index contributed by atoms with van der Waals surface area (Å²) in [6.07, 6.45) is 4.78. The van der Waals surface area contributed by atoms with E-state index in [-0.39, 0.29) is 12.5 Å². The van der Waals surface area contributed by atoms with Gasteiger partial charge in [-0.1, -0.05) is 0 Å². The largest absolute Gasteiger partial charge is 0.354 e. The molecule has 0 aromatic carbocycles. The molecule has 0 radical (unpaired) electrons. The maximum Gasteiger partial charge on any atom is 0.233 e. The van der Waals surface area contributed by atoms with Crippen LogP contribution in [0, 0.1) is 11.3 Å². The Kier molecular flexibility index (Phi) is 5.75. The van der Waals surface area contributed by atoms with E-state index in [1.165, 1.54) is 0 Å². The second kappa shape index (κ2) is 7.41. The van der Waals surface area contributed by atoms with E-state index in [1.54, 1.807) is 6.20 Å². The average molecular weight is 235 g/mol. The van der Waals surface area contributed by atoms with Gasteiger partial charge in [0.05, 0.1) is 19.0 Å². The molecule has 0 spiro atoms. The molecule has 6 nitrogen and oxygen atoms in total. The summed E-state index contributed by atoms with van der Waals surface area (Å²) in [4.78, 5) is 15.4. The number of aryl methyl sites for hydroxylation is 1. The molecule has 0 atom stereocenters. The highest BCUT2D eigenvalue weighted by molar-refractivity contribution is 5.77. The van der Waals surface area contributed by atoms with Crippen LogP contribution in [-0.2, 0) is 18.3 Å². The van der Waals surface area contributed by atoms with Crippen LogP contribution in [0.15, 0.2) is 12.4 Å². The molecule has 1 rings (SSSR count). The lowest BCUT2D eigenvalue weighted by Gasteiger charge is -2.05. The number of imidazole rings is 1. The molecule has 0 saturated carbocycles. The van der Waals surface area contributed by atoms with Crippen LogP contribution in [0.25, 0.3) is 0 Å². The topological polar surface area (TPSA) is 82.7 Å². The molecule has 6 heteroatoms. The molecule has 0 saturated heterocycles. The van der Waals surface area contributed by atoms with Gasteiger partial charge in [0, 0.05) is 39.0 Å². The zero-order valence-corrected chi connectivity index (χ0v) is 9.94. The van der Waals surface area contributed by atoms with Crippen LogP contribution in [0.5, 0.6) is 0 Å². The van der Waals surface area contributed by atoms with Crippen molar-refractivity contribution in [3.05, 3.63) is 18.2 Å². The van der Waals surface area contributed by atoms with Gasteiger partial charge in [0.1, 0.15) is 5.82 Å². The summed E-state index contributed by atoms with van der Waals surface area (Å²) >= 11 is 0. The molecular formula is C11H17N5O. The lowest BCUT2D eigenvalue weighted by molar-refractivity contribution is -0.120. The van der Waals surface area contributed by atoms with Crippen molar-refractivity contribution in [3.8, 4) is 6.07 Å². The second-order valence-corrected chi connectivity index (χ2v) is 3.64. The minimum Gasteiger partial charge on any atom is -0.354 e. The number of aromatic nitrogens is 2. The van der Waals surface area contributed by atoms with E-state index in [2.05, 4.69) is 15.6 Å². The maximum atomic E-state index is 11.2. The van der Waals surface area contributed by atoms with Gasteiger partial charge in [-0.25, -0.2) is 4.98 Å². The Bertz CT molecular complexity index is 393. The van der Waals surface area contributed by atoms with Crippen LogP contribution in [-0.4, -0.2) is 35.1 Å². The van der Waals surface area contributed by atoms with Crippen molar-refractivity contribution in [2.75, 3.05) is 19.6 Å². The van der Waals surface area contributed by atoms with Gasteiger partial charge in [0.2, 0.25) is 5.91 Å². The number of hydrogen-bond donors (Lipinski definition) is 2. The quantitative estimate of drug-likeness (QED) is 0.629. The number of carbonyl (C=O) groups is 1. The van der Waals surface area contributed by atoms with Gasteiger partial charge in [-0.05, 0) is 0 Å². The standard InChI is InChI=1S/C11H17N5O/c1-16-8-7-14-10(16)3-6-13-9-11(17)15-5-2-4-12/h7-8,13H,2-3,5-6,9H2,1H3,(H,15,17). The molecule has 1 amide bonds. The summed E-state index contributed by atoms with van der Waals surface area (Å²) in [5, 5.41) is 14.0. The molecule has 0 unspecified atom stereocenters. The van der Waals surface area contributed by atoms with Crippen LogP contribution in [0.3, 0.4) is 0 Å². The monoisotopic (exact) mass is 235 g/mol. The third-order valence-electron chi connectivity index (χ3n) is 2.29. The summed E-state index contributed by atoms with van der Waals surface area (Å²) in [6, 6.07) is 1.97. The number of nitrogens with one attached hydrogen (secondary N) is 2. The molecule has 92 valence electrons. The fourth-order valence-electron chi connectivity index (χ4n) is 1.36. The number of rotatable bonds is 7. The minimum absolute atomic E-state index is 0.0832. The van der Waals surface area contributed by atoms with Gasteiger partial charge in [0.15, 0.2) is 0 Å². The molecule has 0 aliphatic heterocycles. The highest BCUT2D eigenvalue weighted by Crippen LogP contribution is 1.93. The number of nitriles is 1. The Morgan fingerprint density at radius 3 is 3.06 bits per heavy atom. The zero-order chi connectivity index (χ0) is 12.5. The normalized spacial score (nSPS) is 9.88. The molecule has 1 aromatic rings. The summed E-state index contributed by atoms with van der Waals surface area (Å²) in [7, 11) is 1.94. The first-order valence-corrected chi connectivity index (χ1v) is 5.54. The lowest BCUT2D eigenvalue weighted by atomic mass is 10.4. The number of nitrogens with zero attached hydrogens (tertiary/aromatic N) is 3. The van der Waals surface area contributed by atoms with Crippen LogP contribution >= 0.6 is 0 Å². The van der Waals surface area contributed by atoms with Crippen molar-refractivity contribution in [3.63, 3.8) is 0 Å². The first-order chi connectivity index (χ1) is 8.24. The highest BCUT2D eigenvalue weighted by Gasteiger charge is 2.01. The van der Waals surface area contributed by atoms with E-state index in [0.29, 0.717) is 19.5 Å². The number of amides is 1. The van der Waals surface area contributed by atoms with Crippen molar-refractivity contribution in [2.45, 2.75) is 12.8 Å². The molecule has 1 heterocycles. The SMILES string of the molecule is Cn1ccnc1CCNCC(=O)NCCC#N. The maximum absolute atomic E-state index is 11.2. The highest BCUT2D eigenvalue weighted by atomic mass is 16.1. The first kappa shape index (κ1) is 13.2. The first-order valence-electron chi connectivity index (χ1n) is 5.54. The van der Waals surface area contributed by atoms with Crippen LogP contribution in [0.1, 0.15) is 12.2 Å². The van der Waals surface area contributed by atoms with E-state index in [9.17, 15) is 4.79 Å².